The fourth-order valence-electron chi connectivity index (χ4n) is 2.13. The number of guanidine groups is 1. The first-order valence-corrected chi connectivity index (χ1v) is 8.84. The van der Waals surface area contributed by atoms with Crippen molar-refractivity contribution in [2.75, 3.05) is 53.6 Å². The molecule has 0 aromatic carbocycles. The minimum absolute atomic E-state index is 0. The third-order valence-corrected chi connectivity index (χ3v) is 4.26. The van der Waals surface area contributed by atoms with Gasteiger partial charge in [0.1, 0.15) is 0 Å². The molecule has 7 heteroatoms. The van der Waals surface area contributed by atoms with Crippen LogP contribution in [0.5, 0.6) is 0 Å². The molecule has 1 saturated heterocycles. The summed E-state index contributed by atoms with van der Waals surface area (Å²) in [5.74, 6) is 0.876. The number of aliphatic imine (C=N–C) groups is 1. The Balaban J connectivity index is 0.00000529. The zero-order valence-electron chi connectivity index (χ0n) is 16.1. The van der Waals surface area contributed by atoms with Crippen molar-refractivity contribution in [1.82, 2.24) is 15.5 Å². The zero-order valence-corrected chi connectivity index (χ0v) is 18.4. The maximum atomic E-state index is 5.67. The average Bonchev–Trinajstić information content (AvgIpc) is 3.01. The summed E-state index contributed by atoms with van der Waals surface area (Å²) in [4.78, 5) is 6.87. The molecule has 0 aromatic rings. The van der Waals surface area contributed by atoms with Gasteiger partial charge in [0.25, 0.3) is 0 Å². The van der Waals surface area contributed by atoms with Gasteiger partial charge in [0, 0.05) is 31.8 Å². The van der Waals surface area contributed by atoms with Gasteiger partial charge >= 0.3 is 0 Å². The first kappa shape index (κ1) is 23.9. The van der Waals surface area contributed by atoms with Crippen LogP contribution in [0.3, 0.4) is 0 Å². The zero-order chi connectivity index (χ0) is 17.1. The Hall–Kier alpha value is -0.120. The molecule has 1 aliphatic rings. The molecule has 1 heterocycles. The molecule has 0 aliphatic carbocycles. The smallest absolute Gasteiger partial charge is 0.191 e. The van der Waals surface area contributed by atoms with E-state index in [1.165, 1.54) is 6.42 Å². The molecule has 0 amide bonds. The van der Waals surface area contributed by atoms with Crippen molar-refractivity contribution in [2.45, 2.75) is 51.7 Å². The third-order valence-electron chi connectivity index (χ3n) is 4.26. The molecule has 6 nitrogen and oxygen atoms in total. The van der Waals surface area contributed by atoms with Crippen LogP contribution in [-0.2, 0) is 9.47 Å². The van der Waals surface area contributed by atoms with Crippen LogP contribution in [-0.4, -0.2) is 76.1 Å². The lowest BCUT2D eigenvalue weighted by Crippen LogP contribution is -2.44. The van der Waals surface area contributed by atoms with Gasteiger partial charge in [-0.2, -0.15) is 0 Å². The second-order valence-corrected chi connectivity index (χ2v) is 6.89. The monoisotopic (exact) mass is 456 g/mol. The summed E-state index contributed by atoms with van der Waals surface area (Å²) < 4.78 is 11.2. The van der Waals surface area contributed by atoms with Crippen molar-refractivity contribution in [3.63, 3.8) is 0 Å². The quantitative estimate of drug-likeness (QED) is 0.228. The van der Waals surface area contributed by atoms with Crippen LogP contribution < -0.4 is 10.6 Å². The highest BCUT2D eigenvalue weighted by Crippen LogP contribution is 2.12. The van der Waals surface area contributed by atoms with Crippen molar-refractivity contribution in [3.8, 4) is 0 Å². The lowest BCUT2D eigenvalue weighted by molar-refractivity contribution is 0.0168. The molecule has 144 valence electrons. The fraction of sp³-hybridized carbons (Fsp3) is 0.941. The first-order valence-electron chi connectivity index (χ1n) is 8.84. The van der Waals surface area contributed by atoms with Gasteiger partial charge in [0.05, 0.1) is 19.3 Å². The molecule has 0 spiro atoms. The van der Waals surface area contributed by atoms with Crippen LogP contribution in [0.15, 0.2) is 4.99 Å². The summed E-state index contributed by atoms with van der Waals surface area (Å²) in [6.45, 7) is 11.3. The summed E-state index contributed by atoms with van der Waals surface area (Å²) in [6, 6.07) is 0. The molecule has 24 heavy (non-hydrogen) atoms. The normalized spacial score (nSPS) is 18.6. The molecular weight excluding hydrogens is 419 g/mol. The van der Waals surface area contributed by atoms with Crippen LogP contribution in [0.2, 0.25) is 0 Å². The van der Waals surface area contributed by atoms with Gasteiger partial charge in [-0.05, 0) is 54.1 Å². The van der Waals surface area contributed by atoms with Crippen LogP contribution in [0.25, 0.3) is 0 Å². The topological polar surface area (TPSA) is 58.1 Å². The number of ether oxygens (including phenoxy) is 2. The molecule has 1 unspecified atom stereocenters. The summed E-state index contributed by atoms with van der Waals surface area (Å²) in [5, 5.41) is 6.66. The Morgan fingerprint density at radius 1 is 1.33 bits per heavy atom. The highest BCUT2D eigenvalue weighted by atomic mass is 127. The van der Waals surface area contributed by atoms with E-state index in [1.54, 1.807) is 0 Å². The lowest BCUT2D eigenvalue weighted by atomic mass is 10.1. The fourth-order valence-corrected chi connectivity index (χ4v) is 2.13. The van der Waals surface area contributed by atoms with Crippen LogP contribution in [0, 0.1) is 0 Å². The number of halogens is 1. The molecule has 1 fully saturated rings. The Labute approximate surface area is 165 Å². The van der Waals surface area contributed by atoms with Gasteiger partial charge in [0.2, 0.25) is 0 Å². The maximum absolute atomic E-state index is 5.67. The van der Waals surface area contributed by atoms with Crippen LogP contribution in [0.1, 0.15) is 40.0 Å². The van der Waals surface area contributed by atoms with Gasteiger partial charge in [0.15, 0.2) is 5.96 Å². The molecule has 1 rings (SSSR count). The van der Waals surface area contributed by atoms with Crippen molar-refractivity contribution >= 4 is 29.9 Å². The SMILES string of the molecule is CCNC(=NCC(C)(C)N(C)C)NCCCOCC1CCCO1.I. The van der Waals surface area contributed by atoms with Crippen molar-refractivity contribution in [3.05, 3.63) is 0 Å². The predicted molar refractivity (Wildman–Crippen MR) is 112 cm³/mol. The molecule has 0 bridgehead atoms. The Bertz CT molecular complexity index is 345. The Morgan fingerprint density at radius 2 is 2.08 bits per heavy atom. The summed E-state index contributed by atoms with van der Waals surface area (Å²) in [5.41, 5.74) is 0.0484. The van der Waals surface area contributed by atoms with Crippen LogP contribution >= 0.6 is 24.0 Å². The molecule has 0 aromatic heterocycles. The summed E-state index contributed by atoms with van der Waals surface area (Å²) >= 11 is 0. The standard InChI is InChI=1S/C17H36N4O2.HI/c1-6-18-16(20-14-17(2,3)21(4)5)19-10-8-11-22-13-15-9-7-12-23-15;/h15H,6-14H2,1-5H3,(H2,18,19,20);1H. The number of hydrogen-bond acceptors (Lipinski definition) is 4. The minimum Gasteiger partial charge on any atom is -0.379 e. The van der Waals surface area contributed by atoms with Crippen LogP contribution in [0.4, 0.5) is 0 Å². The van der Waals surface area contributed by atoms with E-state index in [0.29, 0.717) is 6.10 Å². The van der Waals surface area contributed by atoms with Crippen molar-refractivity contribution < 1.29 is 9.47 Å². The van der Waals surface area contributed by atoms with Gasteiger partial charge in [-0.15, -0.1) is 24.0 Å². The predicted octanol–water partition coefficient (Wildman–Crippen LogP) is 2.09. The van der Waals surface area contributed by atoms with Gasteiger partial charge in [-0.25, -0.2) is 0 Å². The highest BCUT2D eigenvalue weighted by molar-refractivity contribution is 14.0. The molecule has 1 aliphatic heterocycles. The van der Waals surface area contributed by atoms with Gasteiger partial charge in [-0.1, -0.05) is 0 Å². The van der Waals surface area contributed by atoms with E-state index in [1.807, 2.05) is 0 Å². The molecule has 1 atom stereocenters. The van der Waals surface area contributed by atoms with E-state index < -0.39 is 0 Å². The molecule has 2 N–H and O–H groups in total. The van der Waals surface area contributed by atoms with E-state index in [2.05, 4.69) is 55.4 Å². The molecule has 0 saturated carbocycles. The first-order chi connectivity index (χ1) is 11.0. The second kappa shape index (κ2) is 13.1. The minimum atomic E-state index is 0. The molecular formula is C17H37IN4O2. The van der Waals surface area contributed by atoms with Crippen molar-refractivity contribution in [2.24, 2.45) is 4.99 Å². The van der Waals surface area contributed by atoms with E-state index in [4.69, 9.17) is 9.47 Å². The lowest BCUT2D eigenvalue weighted by Gasteiger charge is -2.31. The van der Waals surface area contributed by atoms with Gasteiger partial charge < -0.3 is 25.0 Å². The largest absolute Gasteiger partial charge is 0.379 e. The number of rotatable bonds is 10. The highest BCUT2D eigenvalue weighted by Gasteiger charge is 2.19. The number of hydrogen-bond donors (Lipinski definition) is 2. The third kappa shape index (κ3) is 10.0. The average molecular weight is 456 g/mol. The van der Waals surface area contributed by atoms with Crippen molar-refractivity contribution in [1.29, 1.82) is 0 Å². The number of nitrogens with one attached hydrogen (secondary N) is 2. The van der Waals surface area contributed by atoms with E-state index in [9.17, 15) is 0 Å². The maximum Gasteiger partial charge on any atom is 0.191 e. The van der Waals surface area contributed by atoms with E-state index in [-0.39, 0.29) is 29.5 Å². The van der Waals surface area contributed by atoms with Gasteiger partial charge in [-0.3, -0.25) is 4.99 Å². The molecule has 0 radical (unpaired) electrons. The summed E-state index contributed by atoms with van der Waals surface area (Å²) in [7, 11) is 4.17. The Morgan fingerprint density at radius 3 is 2.67 bits per heavy atom. The van der Waals surface area contributed by atoms with E-state index >= 15 is 0 Å². The number of likely N-dealkylation sites (N-methyl/N-ethyl adjacent to an activating group) is 1. The number of nitrogens with zero attached hydrogens (tertiary/aromatic N) is 2. The Kier molecular flexibility index (Phi) is 13.1. The second-order valence-electron chi connectivity index (χ2n) is 6.89. The van der Waals surface area contributed by atoms with E-state index in [0.717, 1.165) is 58.3 Å². The summed E-state index contributed by atoms with van der Waals surface area (Å²) in [6.07, 6.45) is 3.59.